The number of amides is 2. The molecule has 2 heterocycles. The first kappa shape index (κ1) is 25.8. The second kappa shape index (κ2) is 10.7. The average Bonchev–Trinajstić information content (AvgIpc) is 3.28. The molecule has 1 aromatic heterocycles. The van der Waals surface area contributed by atoms with Crippen molar-refractivity contribution >= 4 is 23.6 Å². The van der Waals surface area contributed by atoms with Crippen molar-refractivity contribution in [2.24, 2.45) is 0 Å². The Labute approximate surface area is 217 Å². The third-order valence-corrected chi connectivity index (χ3v) is 6.48. The van der Waals surface area contributed by atoms with Crippen LogP contribution < -0.4 is 5.32 Å². The zero-order chi connectivity index (χ0) is 25.9. The van der Waals surface area contributed by atoms with Gasteiger partial charge in [0, 0.05) is 30.6 Å². The molecule has 0 atom stereocenters. The number of aryl methyl sites for hydroxylation is 1. The zero-order valence-corrected chi connectivity index (χ0v) is 22.0. The monoisotopic (exact) mass is 508 g/mol. The fourth-order valence-electron chi connectivity index (χ4n) is 4.36. The van der Waals surface area contributed by atoms with Crippen LogP contribution in [0.4, 0.5) is 4.79 Å². The minimum Gasteiger partial charge on any atom is -0.444 e. The number of piperidine rings is 1. The second-order valence-electron chi connectivity index (χ2n) is 10.2. The third kappa shape index (κ3) is 6.26. The quantitative estimate of drug-likeness (QED) is 0.467. The summed E-state index contributed by atoms with van der Waals surface area (Å²) in [6.07, 6.45) is 2.74. The van der Waals surface area contributed by atoms with E-state index in [9.17, 15) is 9.59 Å². The number of halogens is 1. The number of nitrogens with one attached hydrogen (secondary N) is 1. The van der Waals surface area contributed by atoms with Gasteiger partial charge in [-0.2, -0.15) is 5.10 Å². The van der Waals surface area contributed by atoms with Crippen LogP contribution in [0.5, 0.6) is 0 Å². The minimum absolute atomic E-state index is 0.0574. The normalized spacial score (nSPS) is 14.5. The van der Waals surface area contributed by atoms with Crippen LogP contribution in [-0.2, 0) is 11.3 Å². The van der Waals surface area contributed by atoms with Gasteiger partial charge in [-0.15, -0.1) is 0 Å². The lowest BCUT2D eigenvalue weighted by Crippen LogP contribution is -2.41. The summed E-state index contributed by atoms with van der Waals surface area (Å²) in [5, 5.41) is 8.27. The molecular weight excluding hydrogens is 476 g/mol. The minimum atomic E-state index is -0.538. The fraction of sp³-hybridized carbons (Fsp3) is 0.393. The molecule has 8 heteroatoms. The number of hydrogen-bond donors (Lipinski definition) is 1. The van der Waals surface area contributed by atoms with Gasteiger partial charge in [-0.1, -0.05) is 41.4 Å². The lowest BCUT2D eigenvalue weighted by Gasteiger charge is -2.34. The molecule has 1 fully saturated rings. The van der Waals surface area contributed by atoms with Crippen LogP contribution >= 0.6 is 11.6 Å². The molecule has 1 aliphatic rings. The molecule has 190 valence electrons. The van der Waals surface area contributed by atoms with Crippen LogP contribution in [0.1, 0.15) is 66.7 Å². The highest BCUT2D eigenvalue weighted by atomic mass is 35.5. The molecule has 0 aliphatic carbocycles. The van der Waals surface area contributed by atoms with Gasteiger partial charge in [0.1, 0.15) is 5.60 Å². The van der Waals surface area contributed by atoms with Crippen molar-refractivity contribution in [3.05, 3.63) is 82.1 Å². The topological polar surface area (TPSA) is 76.5 Å². The number of hydrogen-bond acceptors (Lipinski definition) is 4. The van der Waals surface area contributed by atoms with E-state index in [1.54, 1.807) is 11.1 Å². The first-order chi connectivity index (χ1) is 17.1. The van der Waals surface area contributed by atoms with E-state index in [1.165, 1.54) is 5.56 Å². The average molecular weight is 509 g/mol. The highest BCUT2D eigenvalue weighted by molar-refractivity contribution is 6.30. The Morgan fingerprint density at radius 1 is 1.06 bits per heavy atom. The number of nitrogens with zero attached hydrogens (tertiary/aromatic N) is 3. The molecule has 0 radical (unpaired) electrons. The van der Waals surface area contributed by atoms with Gasteiger partial charge in [-0.05, 0) is 70.4 Å². The molecule has 2 amide bonds. The summed E-state index contributed by atoms with van der Waals surface area (Å²) in [5.41, 5.74) is 3.90. The summed E-state index contributed by atoms with van der Waals surface area (Å²) in [7, 11) is 0. The number of carbonyl (C=O) groups is 2. The van der Waals surface area contributed by atoms with Crippen molar-refractivity contribution in [2.45, 2.75) is 58.6 Å². The molecule has 36 heavy (non-hydrogen) atoms. The number of aromatic nitrogens is 2. The van der Waals surface area contributed by atoms with E-state index in [2.05, 4.69) is 10.4 Å². The Kier molecular flexibility index (Phi) is 7.69. The van der Waals surface area contributed by atoms with Gasteiger partial charge < -0.3 is 15.0 Å². The first-order valence-electron chi connectivity index (χ1n) is 12.3. The molecule has 0 spiro atoms. The maximum atomic E-state index is 13.3. The number of rotatable bonds is 5. The maximum absolute atomic E-state index is 13.3. The molecule has 2 aromatic carbocycles. The van der Waals surface area contributed by atoms with Crippen molar-refractivity contribution in [3.8, 4) is 5.69 Å². The van der Waals surface area contributed by atoms with Gasteiger partial charge in [0.05, 0.1) is 23.1 Å². The van der Waals surface area contributed by atoms with E-state index in [0.29, 0.717) is 43.1 Å². The van der Waals surface area contributed by atoms with Crippen molar-refractivity contribution in [1.29, 1.82) is 0 Å². The fourth-order valence-corrected chi connectivity index (χ4v) is 4.49. The van der Waals surface area contributed by atoms with Crippen LogP contribution in [0.25, 0.3) is 5.69 Å². The van der Waals surface area contributed by atoms with E-state index < -0.39 is 5.60 Å². The van der Waals surface area contributed by atoms with Gasteiger partial charge in [-0.3, -0.25) is 4.79 Å². The predicted octanol–water partition coefficient (Wildman–Crippen LogP) is 5.88. The van der Waals surface area contributed by atoms with Crippen LogP contribution in [0.3, 0.4) is 0 Å². The lowest BCUT2D eigenvalue weighted by atomic mass is 9.91. The summed E-state index contributed by atoms with van der Waals surface area (Å²) in [4.78, 5) is 27.6. The highest BCUT2D eigenvalue weighted by Gasteiger charge is 2.32. The maximum Gasteiger partial charge on any atom is 0.410 e. The third-order valence-electron chi connectivity index (χ3n) is 6.23. The van der Waals surface area contributed by atoms with Crippen molar-refractivity contribution < 1.29 is 14.3 Å². The van der Waals surface area contributed by atoms with Crippen LogP contribution in [-0.4, -0.2) is 45.4 Å². The molecule has 0 bridgehead atoms. The molecule has 1 N–H and O–H groups in total. The Morgan fingerprint density at radius 3 is 2.31 bits per heavy atom. The molecule has 1 aliphatic heterocycles. The molecule has 7 nitrogen and oxygen atoms in total. The first-order valence-corrected chi connectivity index (χ1v) is 12.6. The molecule has 1 saturated heterocycles. The van der Waals surface area contributed by atoms with Gasteiger partial charge in [0.2, 0.25) is 0 Å². The Hall–Kier alpha value is -3.32. The van der Waals surface area contributed by atoms with Crippen LogP contribution in [0.15, 0.2) is 54.7 Å². The second-order valence-corrected chi connectivity index (χ2v) is 10.7. The van der Waals surface area contributed by atoms with Crippen molar-refractivity contribution in [3.63, 3.8) is 0 Å². The van der Waals surface area contributed by atoms with Gasteiger partial charge in [0.25, 0.3) is 5.91 Å². The van der Waals surface area contributed by atoms with Crippen LogP contribution in [0.2, 0.25) is 5.02 Å². The zero-order valence-electron chi connectivity index (χ0n) is 21.3. The Morgan fingerprint density at radius 2 is 1.69 bits per heavy atom. The van der Waals surface area contributed by atoms with Gasteiger partial charge >= 0.3 is 6.09 Å². The summed E-state index contributed by atoms with van der Waals surface area (Å²) >= 11 is 6.10. The largest absolute Gasteiger partial charge is 0.444 e. The van der Waals surface area contributed by atoms with E-state index in [0.717, 1.165) is 16.9 Å². The number of carbonyl (C=O) groups excluding carboxylic acids is 2. The predicted molar refractivity (Wildman–Crippen MR) is 141 cm³/mol. The van der Waals surface area contributed by atoms with Gasteiger partial charge in [-0.25, -0.2) is 9.48 Å². The van der Waals surface area contributed by atoms with E-state index in [1.807, 2.05) is 80.9 Å². The summed E-state index contributed by atoms with van der Waals surface area (Å²) in [5.74, 6) is -0.109. The molecule has 4 rings (SSSR count). The Balaban J connectivity index is 1.56. The number of benzene rings is 2. The molecule has 0 unspecified atom stereocenters. The summed E-state index contributed by atoms with van der Waals surface area (Å²) in [6, 6.07) is 15.5. The summed E-state index contributed by atoms with van der Waals surface area (Å²) in [6.45, 7) is 9.17. The van der Waals surface area contributed by atoms with Crippen molar-refractivity contribution in [1.82, 2.24) is 20.0 Å². The Bertz CT molecular complexity index is 1210. The standard InChI is InChI=1S/C28H33ClN4O3/c1-19-5-7-20(8-6-19)17-30-26(34)24-18-31-33(23-11-9-22(29)10-12-23)25(24)21-13-15-32(16-14-21)27(35)36-28(2,3)4/h5-12,18,21H,13-17H2,1-4H3,(H,30,34). The summed E-state index contributed by atoms with van der Waals surface area (Å²) < 4.78 is 7.37. The number of ether oxygens (including phenoxy) is 1. The van der Waals surface area contributed by atoms with Gasteiger partial charge in [0.15, 0.2) is 0 Å². The van der Waals surface area contributed by atoms with E-state index >= 15 is 0 Å². The smallest absolute Gasteiger partial charge is 0.410 e. The highest BCUT2D eigenvalue weighted by Crippen LogP contribution is 2.33. The SMILES string of the molecule is Cc1ccc(CNC(=O)c2cnn(-c3ccc(Cl)cc3)c2C2CCN(C(=O)OC(C)(C)C)CC2)cc1. The molecule has 3 aromatic rings. The molecule has 0 saturated carbocycles. The van der Waals surface area contributed by atoms with E-state index in [-0.39, 0.29) is 17.9 Å². The van der Waals surface area contributed by atoms with Crippen molar-refractivity contribution in [2.75, 3.05) is 13.1 Å². The number of likely N-dealkylation sites (tertiary alicyclic amines) is 1. The van der Waals surface area contributed by atoms with Crippen LogP contribution in [0, 0.1) is 6.92 Å². The van der Waals surface area contributed by atoms with E-state index in [4.69, 9.17) is 16.3 Å². The molecular formula is C28H33ClN4O3. The lowest BCUT2D eigenvalue weighted by molar-refractivity contribution is 0.0203.